The predicted octanol–water partition coefficient (Wildman–Crippen LogP) is 3.98. The van der Waals surface area contributed by atoms with Crippen LogP contribution in [0.15, 0.2) is 18.5 Å². The average Bonchev–Trinajstić information content (AvgIpc) is 3.53. The van der Waals surface area contributed by atoms with Gasteiger partial charge in [-0.25, -0.2) is 23.1 Å². The van der Waals surface area contributed by atoms with E-state index < -0.39 is 48.6 Å². The number of urea groups is 1. The molecule has 194 valence electrons. The summed E-state index contributed by atoms with van der Waals surface area (Å²) in [6, 6.07) is -2.36. The van der Waals surface area contributed by atoms with Gasteiger partial charge >= 0.3 is 12.2 Å². The number of carbonyl (C=O) groups excluding carboxylic acids is 1. The van der Waals surface area contributed by atoms with E-state index in [2.05, 4.69) is 10.1 Å². The number of ether oxygens (including phenoxy) is 1. The molecule has 2 aliphatic rings. The van der Waals surface area contributed by atoms with Crippen molar-refractivity contribution in [2.45, 2.75) is 69.8 Å². The standard InChI is InChI=1S/C22H29F5N6O2/c1-20(2,22(25,26)27)6-5-15(28)16-9-33-18(31-16)7-13(8-30-33)17(10-35-14-3-4-14)32-12-21(23,24)11-29-19(32)34/h7-9,14-15,17H,3-6,10-12,28H2,1-2H3,(H,29,34)/t15-,17+/m0/s1/i11D2,12D2. The number of imidazole rings is 1. The summed E-state index contributed by atoms with van der Waals surface area (Å²) in [4.78, 5) is 17.3. The summed E-state index contributed by atoms with van der Waals surface area (Å²) in [6.45, 7) is -5.63. The molecule has 1 saturated carbocycles. The Morgan fingerprint density at radius 1 is 1.37 bits per heavy atom. The van der Waals surface area contributed by atoms with Crippen molar-refractivity contribution in [1.29, 1.82) is 0 Å². The fourth-order valence-electron chi connectivity index (χ4n) is 3.50. The van der Waals surface area contributed by atoms with Crippen LogP contribution in [-0.2, 0) is 4.74 Å². The predicted molar refractivity (Wildman–Crippen MR) is 116 cm³/mol. The molecule has 2 amide bonds. The van der Waals surface area contributed by atoms with Crippen molar-refractivity contribution in [2.24, 2.45) is 11.1 Å². The molecule has 2 atom stereocenters. The molecule has 3 heterocycles. The van der Waals surface area contributed by atoms with Gasteiger partial charge in [0.15, 0.2) is 5.65 Å². The lowest BCUT2D eigenvalue weighted by Crippen LogP contribution is -2.58. The number of nitrogens with two attached hydrogens (primary N) is 1. The van der Waals surface area contributed by atoms with E-state index in [4.69, 9.17) is 16.0 Å². The highest BCUT2D eigenvalue weighted by atomic mass is 19.4. The maximum absolute atomic E-state index is 14.9. The number of nitrogens with zero attached hydrogens (tertiary/aromatic N) is 4. The first-order valence-electron chi connectivity index (χ1n) is 13.1. The second kappa shape index (κ2) is 9.16. The van der Waals surface area contributed by atoms with Crippen molar-refractivity contribution in [1.82, 2.24) is 24.8 Å². The summed E-state index contributed by atoms with van der Waals surface area (Å²) in [5.41, 5.74) is 4.57. The van der Waals surface area contributed by atoms with Gasteiger partial charge in [0.2, 0.25) is 0 Å². The lowest BCUT2D eigenvalue weighted by atomic mass is 9.85. The van der Waals surface area contributed by atoms with Crippen LogP contribution in [-0.4, -0.2) is 63.3 Å². The topological polar surface area (TPSA) is 97.8 Å². The maximum atomic E-state index is 14.9. The molecule has 2 aromatic rings. The van der Waals surface area contributed by atoms with Crippen LogP contribution >= 0.6 is 0 Å². The van der Waals surface area contributed by atoms with E-state index in [1.165, 1.54) is 28.3 Å². The van der Waals surface area contributed by atoms with Gasteiger partial charge in [-0.05, 0) is 31.7 Å². The summed E-state index contributed by atoms with van der Waals surface area (Å²) < 4.78 is 107. The van der Waals surface area contributed by atoms with Crippen molar-refractivity contribution in [3.05, 3.63) is 29.7 Å². The Hall–Kier alpha value is -2.54. The SMILES string of the molecule is [2H]C1([2H])NC(=O)N([C@H](COC2CC2)c2cnn3cc([C@@H](N)CCC(C)(C)C(F)(F)F)nc3c2)C([2H])([2H])C1(F)F. The van der Waals surface area contributed by atoms with Crippen LogP contribution in [0.3, 0.4) is 0 Å². The molecule has 4 rings (SSSR count). The van der Waals surface area contributed by atoms with Crippen molar-refractivity contribution in [3.63, 3.8) is 0 Å². The van der Waals surface area contributed by atoms with E-state index in [9.17, 15) is 26.7 Å². The van der Waals surface area contributed by atoms with Crippen LogP contribution in [0.25, 0.3) is 5.65 Å². The first-order valence-corrected chi connectivity index (χ1v) is 11.1. The number of alkyl halides is 5. The zero-order chi connectivity index (χ0) is 29.2. The molecule has 8 nitrogen and oxygen atoms in total. The molecule has 13 heteroatoms. The van der Waals surface area contributed by atoms with Gasteiger partial charge < -0.3 is 20.7 Å². The van der Waals surface area contributed by atoms with Gasteiger partial charge in [0.1, 0.15) is 0 Å². The third-order valence-electron chi connectivity index (χ3n) is 6.10. The van der Waals surface area contributed by atoms with Crippen LogP contribution in [0.1, 0.15) is 68.4 Å². The molecule has 1 aliphatic carbocycles. The summed E-state index contributed by atoms with van der Waals surface area (Å²) in [5, 5.41) is 5.68. The largest absolute Gasteiger partial charge is 0.393 e. The van der Waals surface area contributed by atoms with Crippen LogP contribution in [0.4, 0.5) is 26.7 Å². The number of hydrogen-bond donors (Lipinski definition) is 2. The number of halogens is 5. The molecule has 0 bridgehead atoms. The number of amides is 2. The maximum Gasteiger partial charge on any atom is 0.393 e. The highest BCUT2D eigenvalue weighted by Gasteiger charge is 2.47. The number of carbonyl (C=O) groups is 1. The molecule has 2 aromatic heterocycles. The van der Waals surface area contributed by atoms with Crippen molar-refractivity contribution >= 4 is 11.7 Å². The van der Waals surface area contributed by atoms with E-state index in [0.717, 1.165) is 13.8 Å². The fraction of sp³-hybridized carbons (Fsp3) is 0.682. The lowest BCUT2D eigenvalue weighted by molar-refractivity contribution is -0.214. The Bertz CT molecular complexity index is 1240. The smallest absolute Gasteiger partial charge is 0.376 e. The first-order chi connectivity index (χ1) is 17.8. The van der Waals surface area contributed by atoms with Crippen LogP contribution in [0.5, 0.6) is 0 Å². The van der Waals surface area contributed by atoms with Crippen molar-refractivity contribution in [2.75, 3.05) is 19.6 Å². The quantitative estimate of drug-likeness (QED) is 0.500. The number of rotatable bonds is 9. The molecule has 0 radical (unpaired) electrons. The Labute approximate surface area is 204 Å². The summed E-state index contributed by atoms with van der Waals surface area (Å²) in [5.74, 6) is -4.64. The number of nitrogens with one attached hydrogen (secondary N) is 1. The van der Waals surface area contributed by atoms with Gasteiger partial charge in [0, 0.05) is 11.6 Å². The first kappa shape index (κ1) is 20.6. The second-order valence-electron chi connectivity index (χ2n) is 9.44. The molecule has 0 aromatic carbocycles. The monoisotopic (exact) mass is 508 g/mol. The minimum Gasteiger partial charge on any atom is -0.376 e. The Balaban J connectivity index is 1.64. The Kier molecular flexibility index (Phi) is 5.40. The normalized spacial score (nSPS) is 25.3. The fourth-order valence-corrected chi connectivity index (χ4v) is 3.50. The molecule has 1 aliphatic heterocycles. The summed E-state index contributed by atoms with van der Waals surface area (Å²) in [6.07, 6.45) is -0.882. The molecular weight excluding hydrogens is 475 g/mol. The van der Waals surface area contributed by atoms with Gasteiger partial charge in [0.05, 0.1) is 60.7 Å². The molecule has 35 heavy (non-hydrogen) atoms. The minimum absolute atomic E-state index is 0.0354. The summed E-state index contributed by atoms with van der Waals surface area (Å²) >= 11 is 0. The van der Waals surface area contributed by atoms with Crippen LogP contribution < -0.4 is 11.1 Å². The molecular formula is C22H29F5N6O2. The van der Waals surface area contributed by atoms with E-state index in [1.807, 2.05) is 0 Å². The van der Waals surface area contributed by atoms with Gasteiger partial charge in [-0.1, -0.05) is 13.8 Å². The van der Waals surface area contributed by atoms with Crippen LogP contribution in [0, 0.1) is 5.41 Å². The molecule has 1 saturated heterocycles. The molecule has 0 unspecified atom stereocenters. The van der Waals surface area contributed by atoms with E-state index >= 15 is 0 Å². The van der Waals surface area contributed by atoms with E-state index in [1.54, 1.807) is 0 Å². The molecule has 3 N–H and O–H groups in total. The van der Waals surface area contributed by atoms with E-state index in [-0.39, 0.29) is 47.4 Å². The minimum atomic E-state index is -4.64. The zero-order valence-electron chi connectivity index (χ0n) is 23.1. The number of fused-ring (bicyclic) bond motifs is 1. The zero-order valence-corrected chi connectivity index (χ0v) is 19.1. The average molecular weight is 509 g/mol. The Morgan fingerprint density at radius 2 is 2.09 bits per heavy atom. The van der Waals surface area contributed by atoms with Gasteiger partial charge in [-0.3, -0.25) is 0 Å². The number of aromatic nitrogens is 3. The molecule has 2 fully saturated rings. The highest BCUT2D eigenvalue weighted by Crippen LogP contribution is 2.42. The van der Waals surface area contributed by atoms with E-state index in [0.29, 0.717) is 12.8 Å². The highest BCUT2D eigenvalue weighted by molar-refractivity contribution is 5.76. The van der Waals surface area contributed by atoms with Gasteiger partial charge in [0.25, 0.3) is 5.92 Å². The second-order valence-corrected chi connectivity index (χ2v) is 9.44. The number of hydrogen-bond acceptors (Lipinski definition) is 5. The Morgan fingerprint density at radius 3 is 2.74 bits per heavy atom. The third-order valence-corrected chi connectivity index (χ3v) is 6.10. The lowest BCUT2D eigenvalue weighted by Gasteiger charge is -2.38. The van der Waals surface area contributed by atoms with Gasteiger partial charge in [-0.2, -0.15) is 18.3 Å². The van der Waals surface area contributed by atoms with Crippen LogP contribution in [0.2, 0.25) is 0 Å². The summed E-state index contributed by atoms with van der Waals surface area (Å²) in [7, 11) is 0. The van der Waals surface area contributed by atoms with Gasteiger partial charge in [-0.15, -0.1) is 0 Å². The molecule has 0 spiro atoms. The van der Waals surface area contributed by atoms with Crippen molar-refractivity contribution in [3.8, 4) is 0 Å². The third kappa shape index (κ3) is 5.83. The van der Waals surface area contributed by atoms with Crippen molar-refractivity contribution < 1.29 is 37.0 Å².